The molecule has 25 heavy (non-hydrogen) atoms. The minimum Gasteiger partial charge on any atom is -0.313 e. The monoisotopic (exact) mass is 338 g/mol. The molecule has 0 aliphatic rings. The summed E-state index contributed by atoms with van der Waals surface area (Å²) in [7, 11) is 0. The molecule has 0 saturated carbocycles. The van der Waals surface area contributed by atoms with Crippen molar-refractivity contribution in [2.24, 2.45) is 0 Å². The molecule has 0 aliphatic heterocycles. The first kappa shape index (κ1) is 16.5. The first-order valence-electron chi connectivity index (χ1n) is 7.69. The zero-order valence-corrected chi connectivity index (χ0v) is 13.4. The number of hydrogen-bond donors (Lipinski definition) is 2. The molecule has 6 nitrogen and oxygen atoms in total. The quantitative estimate of drug-likeness (QED) is 0.558. The van der Waals surface area contributed by atoms with Gasteiger partial charge in [-0.1, -0.05) is 25.1 Å². The second kappa shape index (κ2) is 7.04. The molecule has 0 radical (unpaired) electrons. The third-order valence-electron chi connectivity index (χ3n) is 3.75. The van der Waals surface area contributed by atoms with Crippen LogP contribution in [0.4, 0.5) is 4.39 Å². The highest BCUT2D eigenvalue weighted by atomic mass is 19.1. The first-order valence-corrected chi connectivity index (χ1v) is 7.69. The Morgan fingerprint density at radius 2 is 1.44 bits per heavy atom. The normalized spacial score (nSPS) is 10.5. The SMILES string of the molecule is CCc1cccc2nc[nH]c(=O)c12.O=c1[nH]cnc2cccc(F)c12. The Bertz CT molecular complexity index is 1140. The molecular formula is C18H15FN4O2. The van der Waals surface area contributed by atoms with Gasteiger partial charge in [0, 0.05) is 0 Å². The molecule has 0 fully saturated rings. The standard InChI is InChI=1S/C10H10N2O.C8H5FN2O/c1-2-7-4-3-5-8-9(7)10(13)12-6-11-8;9-5-2-1-3-6-7(5)8(12)11-4-10-6/h3-6H,2H2,1H3,(H,11,12,13);1-4H,(H,10,11,12). The lowest BCUT2D eigenvalue weighted by Gasteiger charge is -2.00. The Balaban J connectivity index is 0.000000146. The highest BCUT2D eigenvalue weighted by Gasteiger charge is 2.04. The fourth-order valence-corrected chi connectivity index (χ4v) is 2.56. The predicted octanol–water partition coefficient (Wildman–Crippen LogP) is 2.55. The number of fused-ring (bicyclic) bond motifs is 2. The summed E-state index contributed by atoms with van der Waals surface area (Å²) in [4.78, 5) is 35.3. The molecule has 0 unspecified atom stereocenters. The average molecular weight is 338 g/mol. The minimum atomic E-state index is -0.540. The van der Waals surface area contributed by atoms with Gasteiger partial charge in [-0.3, -0.25) is 9.59 Å². The van der Waals surface area contributed by atoms with Crippen molar-refractivity contribution in [2.75, 3.05) is 0 Å². The number of aryl methyl sites for hydroxylation is 1. The Kier molecular flexibility index (Phi) is 4.65. The molecule has 0 spiro atoms. The van der Waals surface area contributed by atoms with Crippen LogP contribution >= 0.6 is 0 Å². The van der Waals surface area contributed by atoms with Gasteiger partial charge in [0.15, 0.2) is 0 Å². The van der Waals surface area contributed by atoms with E-state index in [9.17, 15) is 14.0 Å². The van der Waals surface area contributed by atoms with Crippen LogP contribution in [-0.4, -0.2) is 19.9 Å². The second-order valence-electron chi connectivity index (χ2n) is 5.26. The molecule has 0 atom stereocenters. The van der Waals surface area contributed by atoms with Crippen LogP contribution in [0.25, 0.3) is 21.8 Å². The molecule has 2 aromatic heterocycles. The third kappa shape index (κ3) is 3.30. The fraction of sp³-hybridized carbons (Fsp3) is 0.111. The van der Waals surface area contributed by atoms with E-state index in [1.807, 2.05) is 25.1 Å². The number of benzene rings is 2. The van der Waals surface area contributed by atoms with Crippen LogP contribution < -0.4 is 11.1 Å². The lowest BCUT2D eigenvalue weighted by Crippen LogP contribution is -2.08. The van der Waals surface area contributed by atoms with Gasteiger partial charge in [0.2, 0.25) is 0 Å². The maximum Gasteiger partial charge on any atom is 0.261 e. The lowest BCUT2D eigenvalue weighted by atomic mass is 10.1. The summed E-state index contributed by atoms with van der Waals surface area (Å²) in [6, 6.07) is 10.1. The summed E-state index contributed by atoms with van der Waals surface area (Å²) in [6.45, 7) is 2.03. The Hall–Kier alpha value is -3.35. The van der Waals surface area contributed by atoms with Crippen molar-refractivity contribution >= 4 is 21.8 Å². The molecule has 0 bridgehead atoms. The molecule has 4 aromatic rings. The number of halogens is 1. The molecule has 2 heterocycles. The number of rotatable bonds is 1. The van der Waals surface area contributed by atoms with Gasteiger partial charge in [-0.2, -0.15) is 0 Å². The van der Waals surface area contributed by atoms with E-state index in [4.69, 9.17) is 0 Å². The number of hydrogen-bond acceptors (Lipinski definition) is 4. The van der Waals surface area contributed by atoms with E-state index in [0.29, 0.717) is 10.9 Å². The molecule has 0 saturated heterocycles. The van der Waals surface area contributed by atoms with Crippen molar-refractivity contribution in [2.45, 2.75) is 13.3 Å². The Labute approximate surface area is 141 Å². The number of H-pyrrole nitrogens is 2. The van der Waals surface area contributed by atoms with Crippen molar-refractivity contribution in [1.82, 2.24) is 19.9 Å². The van der Waals surface area contributed by atoms with Gasteiger partial charge in [0.05, 0.1) is 29.1 Å². The predicted molar refractivity (Wildman–Crippen MR) is 94.1 cm³/mol. The van der Waals surface area contributed by atoms with Gasteiger partial charge < -0.3 is 9.97 Å². The van der Waals surface area contributed by atoms with E-state index in [1.54, 1.807) is 6.07 Å². The van der Waals surface area contributed by atoms with Crippen LogP contribution in [0.3, 0.4) is 0 Å². The topological polar surface area (TPSA) is 91.5 Å². The van der Waals surface area contributed by atoms with Crippen LogP contribution in [0.5, 0.6) is 0 Å². The van der Waals surface area contributed by atoms with E-state index in [2.05, 4.69) is 19.9 Å². The van der Waals surface area contributed by atoms with E-state index < -0.39 is 11.4 Å². The molecule has 2 N–H and O–H groups in total. The molecular weight excluding hydrogens is 323 g/mol. The zero-order chi connectivity index (χ0) is 17.8. The summed E-state index contributed by atoms with van der Waals surface area (Å²) >= 11 is 0. The van der Waals surface area contributed by atoms with Crippen molar-refractivity contribution < 1.29 is 4.39 Å². The summed E-state index contributed by atoms with van der Waals surface area (Å²) in [6.07, 6.45) is 3.54. The highest BCUT2D eigenvalue weighted by Crippen LogP contribution is 2.12. The first-order chi connectivity index (χ1) is 12.1. The van der Waals surface area contributed by atoms with Crippen LogP contribution in [0.15, 0.2) is 58.6 Å². The fourth-order valence-electron chi connectivity index (χ4n) is 2.56. The molecule has 2 aromatic carbocycles. The van der Waals surface area contributed by atoms with E-state index in [0.717, 1.165) is 17.5 Å². The number of aromatic nitrogens is 4. The third-order valence-corrected chi connectivity index (χ3v) is 3.75. The van der Waals surface area contributed by atoms with E-state index >= 15 is 0 Å². The maximum absolute atomic E-state index is 13.0. The number of nitrogens with zero attached hydrogens (tertiary/aromatic N) is 2. The molecule has 126 valence electrons. The van der Waals surface area contributed by atoms with Crippen LogP contribution in [0.1, 0.15) is 12.5 Å². The molecule has 0 aliphatic carbocycles. The average Bonchev–Trinajstić information content (AvgIpc) is 2.62. The Morgan fingerprint density at radius 1 is 0.880 bits per heavy atom. The van der Waals surface area contributed by atoms with Crippen LogP contribution in [-0.2, 0) is 6.42 Å². The summed E-state index contributed by atoms with van der Waals surface area (Å²) in [5.74, 6) is -0.540. The van der Waals surface area contributed by atoms with Crippen LogP contribution in [0.2, 0.25) is 0 Å². The maximum atomic E-state index is 13.0. The van der Waals surface area contributed by atoms with E-state index in [-0.39, 0.29) is 10.9 Å². The van der Waals surface area contributed by atoms with Crippen molar-refractivity contribution in [3.05, 3.63) is 81.1 Å². The van der Waals surface area contributed by atoms with Gasteiger partial charge in [0.1, 0.15) is 11.2 Å². The lowest BCUT2D eigenvalue weighted by molar-refractivity contribution is 0.638. The number of aromatic amines is 2. The van der Waals surface area contributed by atoms with Gasteiger partial charge in [-0.05, 0) is 30.2 Å². The zero-order valence-electron chi connectivity index (χ0n) is 13.4. The molecule has 0 amide bonds. The number of nitrogens with one attached hydrogen (secondary N) is 2. The summed E-state index contributed by atoms with van der Waals surface area (Å²) in [5.41, 5.74) is 1.69. The van der Waals surface area contributed by atoms with Crippen LogP contribution in [0, 0.1) is 5.82 Å². The van der Waals surface area contributed by atoms with Gasteiger partial charge in [0.25, 0.3) is 11.1 Å². The van der Waals surface area contributed by atoms with Gasteiger partial charge in [-0.25, -0.2) is 14.4 Å². The van der Waals surface area contributed by atoms with Crippen molar-refractivity contribution in [3.63, 3.8) is 0 Å². The minimum absolute atomic E-state index is 0.0139. The van der Waals surface area contributed by atoms with Gasteiger partial charge in [-0.15, -0.1) is 0 Å². The largest absolute Gasteiger partial charge is 0.313 e. The summed E-state index contributed by atoms with van der Waals surface area (Å²) < 4.78 is 13.0. The van der Waals surface area contributed by atoms with Crippen molar-refractivity contribution in [1.29, 1.82) is 0 Å². The summed E-state index contributed by atoms with van der Waals surface area (Å²) in [5, 5.41) is 0.729. The second-order valence-corrected chi connectivity index (χ2v) is 5.26. The van der Waals surface area contributed by atoms with E-state index in [1.165, 1.54) is 24.8 Å². The smallest absolute Gasteiger partial charge is 0.261 e. The molecule has 4 rings (SSSR count). The highest BCUT2D eigenvalue weighted by molar-refractivity contribution is 5.80. The Morgan fingerprint density at radius 3 is 2.04 bits per heavy atom. The molecule has 7 heteroatoms. The van der Waals surface area contributed by atoms with Crippen molar-refractivity contribution in [3.8, 4) is 0 Å². The van der Waals surface area contributed by atoms with Gasteiger partial charge >= 0.3 is 0 Å².